The molecule has 2 rings (SSSR count). The number of aliphatic carboxylic acids is 1. The molecule has 0 bridgehead atoms. The normalized spacial score (nSPS) is 23.0. The van der Waals surface area contributed by atoms with E-state index in [1.807, 2.05) is 0 Å². The molecule has 1 saturated carbocycles. The maximum absolute atomic E-state index is 11.8. The number of carbonyl (C=O) groups is 3. The number of rotatable bonds is 3. The van der Waals surface area contributed by atoms with Crippen LogP contribution in [0.25, 0.3) is 0 Å². The standard InChI is InChI=1S/C11H13NO4/c1-5-6(2)10(14)12(9(5)13)8(11(15)16)7-3-4-7/h7-8H,3-4H2,1-2H3,(H,15,16). The van der Waals surface area contributed by atoms with E-state index in [9.17, 15) is 14.4 Å². The minimum Gasteiger partial charge on any atom is -0.480 e. The number of nitrogens with zero attached hydrogens (tertiary/aromatic N) is 1. The van der Waals surface area contributed by atoms with Crippen molar-refractivity contribution in [3.05, 3.63) is 11.1 Å². The Morgan fingerprint density at radius 3 is 2.00 bits per heavy atom. The Kier molecular flexibility index (Phi) is 2.33. The number of amides is 2. The molecule has 0 saturated heterocycles. The zero-order valence-corrected chi connectivity index (χ0v) is 9.19. The largest absolute Gasteiger partial charge is 0.480 e. The van der Waals surface area contributed by atoms with E-state index in [-0.39, 0.29) is 5.92 Å². The van der Waals surface area contributed by atoms with Gasteiger partial charge < -0.3 is 5.11 Å². The monoisotopic (exact) mass is 223 g/mol. The van der Waals surface area contributed by atoms with Gasteiger partial charge in [-0.25, -0.2) is 4.79 Å². The molecule has 1 atom stereocenters. The van der Waals surface area contributed by atoms with Crippen LogP contribution in [0.4, 0.5) is 0 Å². The minimum absolute atomic E-state index is 0.0656. The SMILES string of the molecule is CC1=C(C)C(=O)N(C(C(=O)O)C2CC2)C1=O. The fraction of sp³-hybridized carbons (Fsp3) is 0.545. The Bertz CT molecular complexity index is 396. The van der Waals surface area contributed by atoms with Crippen LogP contribution in [-0.2, 0) is 14.4 Å². The molecule has 1 aliphatic heterocycles. The molecule has 16 heavy (non-hydrogen) atoms. The quantitative estimate of drug-likeness (QED) is 0.709. The molecule has 86 valence electrons. The Morgan fingerprint density at radius 2 is 1.69 bits per heavy atom. The average molecular weight is 223 g/mol. The van der Waals surface area contributed by atoms with Gasteiger partial charge in [-0.2, -0.15) is 0 Å². The van der Waals surface area contributed by atoms with Gasteiger partial charge in [0.15, 0.2) is 0 Å². The van der Waals surface area contributed by atoms with Crippen molar-refractivity contribution < 1.29 is 19.5 Å². The van der Waals surface area contributed by atoms with Crippen molar-refractivity contribution in [3.8, 4) is 0 Å². The van der Waals surface area contributed by atoms with Gasteiger partial charge in [0.25, 0.3) is 11.8 Å². The summed E-state index contributed by atoms with van der Waals surface area (Å²) in [6.07, 6.45) is 1.54. The summed E-state index contributed by atoms with van der Waals surface area (Å²) in [5.41, 5.74) is 0.716. The molecular weight excluding hydrogens is 210 g/mol. The van der Waals surface area contributed by atoms with Crippen LogP contribution in [0.3, 0.4) is 0 Å². The molecular formula is C11H13NO4. The number of imide groups is 1. The number of carbonyl (C=O) groups excluding carboxylic acids is 2. The van der Waals surface area contributed by atoms with Gasteiger partial charge in [0.1, 0.15) is 6.04 Å². The summed E-state index contributed by atoms with van der Waals surface area (Å²) in [6.45, 7) is 3.11. The van der Waals surface area contributed by atoms with E-state index in [1.54, 1.807) is 13.8 Å². The van der Waals surface area contributed by atoms with Gasteiger partial charge in [-0.15, -0.1) is 0 Å². The maximum Gasteiger partial charge on any atom is 0.327 e. The van der Waals surface area contributed by atoms with Gasteiger partial charge in [-0.05, 0) is 32.6 Å². The van der Waals surface area contributed by atoms with Crippen molar-refractivity contribution in [2.24, 2.45) is 5.92 Å². The van der Waals surface area contributed by atoms with Crippen LogP contribution in [0.5, 0.6) is 0 Å². The van der Waals surface area contributed by atoms with Crippen LogP contribution in [0.2, 0.25) is 0 Å². The molecule has 0 aromatic rings. The van der Waals surface area contributed by atoms with Crippen LogP contribution in [0, 0.1) is 5.92 Å². The predicted octanol–water partition coefficient (Wildman–Crippen LogP) is 0.555. The molecule has 1 N–H and O–H groups in total. The molecule has 5 heteroatoms. The number of carboxylic acid groups (broad SMARTS) is 1. The van der Waals surface area contributed by atoms with E-state index in [1.165, 1.54) is 0 Å². The van der Waals surface area contributed by atoms with Gasteiger partial charge >= 0.3 is 5.97 Å². The molecule has 1 aliphatic carbocycles. The fourth-order valence-electron chi connectivity index (χ4n) is 1.96. The molecule has 2 aliphatic rings. The highest BCUT2D eigenvalue weighted by Gasteiger charge is 2.48. The lowest BCUT2D eigenvalue weighted by molar-refractivity contribution is -0.154. The van der Waals surface area contributed by atoms with Gasteiger partial charge in [0.2, 0.25) is 0 Å². The maximum atomic E-state index is 11.8. The first-order chi connectivity index (χ1) is 7.45. The first-order valence-electron chi connectivity index (χ1n) is 5.23. The third kappa shape index (κ3) is 1.43. The van der Waals surface area contributed by atoms with Gasteiger partial charge in [0.05, 0.1) is 0 Å². The molecule has 1 heterocycles. The van der Waals surface area contributed by atoms with Crippen molar-refractivity contribution in [2.45, 2.75) is 32.7 Å². The zero-order valence-electron chi connectivity index (χ0n) is 9.19. The summed E-state index contributed by atoms with van der Waals surface area (Å²) in [5.74, 6) is -2.07. The number of carboxylic acids is 1. The third-order valence-corrected chi connectivity index (χ3v) is 3.24. The molecule has 5 nitrogen and oxygen atoms in total. The van der Waals surface area contributed by atoms with Crippen molar-refractivity contribution in [3.63, 3.8) is 0 Å². The Labute approximate surface area is 92.7 Å². The second kappa shape index (κ2) is 3.43. The van der Waals surface area contributed by atoms with E-state index in [0.29, 0.717) is 11.1 Å². The van der Waals surface area contributed by atoms with Crippen LogP contribution in [0.15, 0.2) is 11.1 Å². The van der Waals surface area contributed by atoms with E-state index in [2.05, 4.69) is 0 Å². The molecule has 1 unspecified atom stereocenters. The molecule has 2 amide bonds. The summed E-state index contributed by atoms with van der Waals surface area (Å²) in [4.78, 5) is 35.6. The summed E-state index contributed by atoms with van der Waals surface area (Å²) >= 11 is 0. The molecule has 0 aromatic carbocycles. The van der Waals surface area contributed by atoms with E-state index >= 15 is 0 Å². The van der Waals surface area contributed by atoms with Crippen molar-refractivity contribution in [1.29, 1.82) is 0 Å². The Hall–Kier alpha value is -1.65. The van der Waals surface area contributed by atoms with Gasteiger partial charge in [-0.3, -0.25) is 14.5 Å². The number of hydrogen-bond acceptors (Lipinski definition) is 3. The molecule has 1 fully saturated rings. The third-order valence-electron chi connectivity index (χ3n) is 3.24. The summed E-state index contributed by atoms with van der Waals surface area (Å²) in [7, 11) is 0. The van der Waals surface area contributed by atoms with Crippen LogP contribution < -0.4 is 0 Å². The lowest BCUT2D eigenvalue weighted by Gasteiger charge is -2.22. The second-order valence-corrected chi connectivity index (χ2v) is 4.35. The zero-order chi connectivity index (χ0) is 12.0. The van der Waals surface area contributed by atoms with E-state index < -0.39 is 23.8 Å². The smallest absolute Gasteiger partial charge is 0.327 e. The first-order valence-corrected chi connectivity index (χ1v) is 5.23. The lowest BCUT2D eigenvalue weighted by Crippen LogP contribution is -2.47. The van der Waals surface area contributed by atoms with Crippen molar-refractivity contribution >= 4 is 17.8 Å². The van der Waals surface area contributed by atoms with Crippen molar-refractivity contribution in [2.75, 3.05) is 0 Å². The Morgan fingerprint density at radius 1 is 1.25 bits per heavy atom. The van der Waals surface area contributed by atoms with Gasteiger partial charge in [0, 0.05) is 11.1 Å². The first kappa shape index (κ1) is 10.9. The summed E-state index contributed by atoms with van der Waals surface area (Å²) < 4.78 is 0. The Balaban J connectivity index is 2.32. The van der Waals surface area contributed by atoms with Crippen LogP contribution >= 0.6 is 0 Å². The van der Waals surface area contributed by atoms with Crippen molar-refractivity contribution in [1.82, 2.24) is 4.90 Å². The molecule has 0 spiro atoms. The van der Waals surface area contributed by atoms with E-state index in [0.717, 1.165) is 17.7 Å². The van der Waals surface area contributed by atoms with Crippen LogP contribution in [0.1, 0.15) is 26.7 Å². The predicted molar refractivity (Wildman–Crippen MR) is 54.4 cm³/mol. The van der Waals surface area contributed by atoms with E-state index in [4.69, 9.17) is 5.11 Å². The topological polar surface area (TPSA) is 74.7 Å². The highest BCUT2D eigenvalue weighted by molar-refractivity contribution is 6.20. The minimum atomic E-state index is -1.09. The average Bonchev–Trinajstić information content (AvgIpc) is 3.01. The lowest BCUT2D eigenvalue weighted by atomic mass is 10.1. The summed E-state index contributed by atoms with van der Waals surface area (Å²) in [5, 5.41) is 9.09. The molecule has 0 radical (unpaired) electrons. The highest BCUT2D eigenvalue weighted by atomic mass is 16.4. The highest BCUT2D eigenvalue weighted by Crippen LogP contribution is 2.38. The second-order valence-electron chi connectivity index (χ2n) is 4.35. The number of hydrogen-bond donors (Lipinski definition) is 1. The molecule has 0 aromatic heterocycles. The van der Waals surface area contributed by atoms with Gasteiger partial charge in [-0.1, -0.05) is 0 Å². The fourth-order valence-corrected chi connectivity index (χ4v) is 1.96. The van der Waals surface area contributed by atoms with Crippen LogP contribution in [-0.4, -0.2) is 33.8 Å². The summed E-state index contributed by atoms with van der Waals surface area (Å²) in [6, 6.07) is -0.979.